The van der Waals surface area contributed by atoms with Crippen LogP contribution in [0.25, 0.3) is 0 Å². The molecule has 0 unspecified atom stereocenters. The second-order valence-electron chi connectivity index (χ2n) is 6.54. The topological polar surface area (TPSA) is 70.2 Å². The van der Waals surface area contributed by atoms with Gasteiger partial charge >= 0.3 is 0 Å². The van der Waals surface area contributed by atoms with Gasteiger partial charge in [0.1, 0.15) is 0 Å². The second kappa shape index (κ2) is 10.0. The molecule has 3 aromatic rings. The number of nitrogens with one attached hydrogen (secondary N) is 3. The summed E-state index contributed by atoms with van der Waals surface area (Å²) in [4.78, 5) is 25.1. The summed E-state index contributed by atoms with van der Waals surface area (Å²) in [6, 6.07) is 24.0. The predicted molar refractivity (Wildman–Crippen MR) is 120 cm³/mol. The molecule has 0 aliphatic carbocycles. The van der Waals surface area contributed by atoms with Gasteiger partial charge in [-0.3, -0.25) is 9.59 Å². The van der Waals surface area contributed by atoms with Gasteiger partial charge in [-0.25, -0.2) is 0 Å². The SMILES string of the molecule is C[C@H](NCC(=O)Nc1ccccc1C(=O)Nc1ccccc1)c1ccccc1Br. The van der Waals surface area contributed by atoms with Crippen molar-refractivity contribution in [1.29, 1.82) is 0 Å². The Kier molecular flexibility index (Phi) is 7.16. The van der Waals surface area contributed by atoms with E-state index in [1.54, 1.807) is 24.3 Å². The van der Waals surface area contributed by atoms with Gasteiger partial charge in [-0.05, 0) is 42.8 Å². The monoisotopic (exact) mass is 451 g/mol. The lowest BCUT2D eigenvalue weighted by Gasteiger charge is -2.16. The van der Waals surface area contributed by atoms with Gasteiger partial charge in [0.2, 0.25) is 5.91 Å². The minimum absolute atomic E-state index is 0.00653. The fraction of sp³-hybridized carbons (Fsp3) is 0.130. The van der Waals surface area contributed by atoms with Gasteiger partial charge in [0.15, 0.2) is 0 Å². The molecule has 0 saturated carbocycles. The molecule has 29 heavy (non-hydrogen) atoms. The van der Waals surface area contributed by atoms with E-state index in [2.05, 4.69) is 31.9 Å². The van der Waals surface area contributed by atoms with Gasteiger partial charge < -0.3 is 16.0 Å². The van der Waals surface area contributed by atoms with Gasteiger partial charge in [-0.15, -0.1) is 0 Å². The van der Waals surface area contributed by atoms with Crippen LogP contribution in [0.5, 0.6) is 0 Å². The zero-order valence-corrected chi connectivity index (χ0v) is 17.6. The van der Waals surface area contributed by atoms with Crippen LogP contribution >= 0.6 is 15.9 Å². The number of amides is 2. The number of benzene rings is 3. The Balaban J connectivity index is 1.62. The Bertz CT molecular complexity index is 992. The molecule has 0 saturated heterocycles. The first-order valence-electron chi connectivity index (χ1n) is 9.27. The normalized spacial score (nSPS) is 11.5. The Labute approximate surface area is 178 Å². The number of carbonyl (C=O) groups excluding carboxylic acids is 2. The Morgan fingerprint density at radius 2 is 1.52 bits per heavy atom. The van der Waals surface area contributed by atoms with Crippen molar-refractivity contribution in [2.75, 3.05) is 17.2 Å². The van der Waals surface area contributed by atoms with Crippen molar-refractivity contribution in [3.63, 3.8) is 0 Å². The standard InChI is InChI=1S/C23H22BrN3O2/c1-16(18-11-5-7-13-20(18)24)25-15-22(28)27-21-14-8-6-12-19(21)23(29)26-17-9-3-2-4-10-17/h2-14,16,25H,15H2,1H3,(H,26,29)(H,27,28)/t16-/m0/s1. The molecule has 0 fully saturated rings. The molecule has 0 aliphatic rings. The molecule has 3 rings (SSSR count). The van der Waals surface area contributed by atoms with E-state index in [1.807, 2.05) is 61.5 Å². The maximum atomic E-state index is 12.6. The first kappa shape index (κ1) is 20.8. The highest BCUT2D eigenvalue weighted by molar-refractivity contribution is 9.10. The van der Waals surface area contributed by atoms with Crippen LogP contribution in [0.3, 0.4) is 0 Å². The van der Waals surface area contributed by atoms with E-state index >= 15 is 0 Å². The number of hydrogen-bond acceptors (Lipinski definition) is 3. The van der Waals surface area contributed by atoms with E-state index in [0.717, 1.165) is 10.0 Å². The van der Waals surface area contributed by atoms with Crippen molar-refractivity contribution in [2.24, 2.45) is 0 Å². The van der Waals surface area contributed by atoms with Gasteiger partial charge in [-0.2, -0.15) is 0 Å². The van der Waals surface area contributed by atoms with Crippen molar-refractivity contribution in [3.05, 3.63) is 94.5 Å². The molecule has 3 N–H and O–H groups in total. The van der Waals surface area contributed by atoms with Gasteiger partial charge in [-0.1, -0.05) is 64.5 Å². The van der Waals surface area contributed by atoms with Crippen molar-refractivity contribution in [3.8, 4) is 0 Å². The van der Waals surface area contributed by atoms with E-state index in [1.165, 1.54) is 0 Å². The summed E-state index contributed by atoms with van der Waals surface area (Å²) in [6.07, 6.45) is 0. The Hall–Kier alpha value is -2.96. The molecule has 3 aromatic carbocycles. The highest BCUT2D eigenvalue weighted by Crippen LogP contribution is 2.22. The van der Waals surface area contributed by atoms with Crippen molar-refractivity contribution < 1.29 is 9.59 Å². The van der Waals surface area contributed by atoms with Crippen LogP contribution in [-0.4, -0.2) is 18.4 Å². The van der Waals surface area contributed by atoms with Gasteiger partial charge in [0.25, 0.3) is 5.91 Å². The largest absolute Gasteiger partial charge is 0.324 e. The molecule has 0 aromatic heterocycles. The lowest BCUT2D eigenvalue weighted by atomic mass is 10.1. The summed E-state index contributed by atoms with van der Waals surface area (Å²) >= 11 is 3.53. The summed E-state index contributed by atoms with van der Waals surface area (Å²) in [6.45, 7) is 2.12. The molecule has 0 bridgehead atoms. The van der Waals surface area contributed by atoms with Crippen molar-refractivity contribution >= 4 is 39.1 Å². The third kappa shape index (κ3) is 5.76. The fourth-order valence-electron chi connectivity index (χ4n) is 2.89. The highest BCUT2D eigenvalue weighted by atomic mass is 79.9. The zero-order chi connectivity index (χ0) is 20.6. The van der Waals surface area contributed by atoms with Crippen molar-refractivity contribution in [2.45, 2.75) is 13.0 Å². The lowest BCUT2D eigenvalue weighted by molar-refractivity contribution is -0.115. The van der Waals surface area contributed by atoms with E-state index in [0.29, 0.717) is 16.9 Å². The molecule has 0 heterocycles. The zero-order valence-electron chi connectivity index (χ0n) is 16.0. The third-order valence-electron chi connectivity index (χ3n) is 4.42. The Morgan fingerprint density at radius 1 is 0.862 bits per heavy atom. The molecule has 2 amide bonds. The Morgan fingerprint density at radius 3 is 2.28 bits per heavy atom. The second-order valence-corrected chi connectivity index (χ2v) is 7.39. The number of hydrogen-bond donors (Lipinski definition) is 3. The first-order chi connectivity index (χ1) is 14.0. The maximum Gasteiger partial charge on any atom is 0.257 e. The number of carbonyl (C=O) groups is 2. The number of para-hydroxylation sites is 2. The predicted octanol–water partition coefficient (Wildman–Crippen LogP) is 4.99. The number of rotatable bonds is 7. The van der Waals surface area contributed by atoms with E-state index < -0.39 is 0 Å². The summed E-state index contributed by atoms with van der Waals surface area (Å²) in [5.74, 6) is -0.495. The molecular weight excluding hydrogens is 430 g/mol. The third-order valence-corrected chi connectivity index (χ3v) is 5.14. The van der Waals surface area contributed by atoms with Crippen molar-refractivity contribution in [1.82, 2.24) is 5.32 Å². The first-order valence-corrected chi connectivity index (χ1v) is 10.1. The maximum absolute atomic E-state index is 12.6. The fourth-order valence-corrected chi connectivity index (χ4v) is 3.51. The minimum Gasteiger partial charge on any atom is -0.324 e. The molecule has 0 aliphatic heterocycles. The minimum atomic E-state index is -0.276. The van der Waals surface area contributed by atoms with E-state index in [4.69, 9.17) is 0 Å². The van der Waals surface area contributed by atoms with E-state index in [-0.39, 0.29) is 24.4 Å². The molecular formula is C23H22BrN3O2. The number of halogens is 1. The average Bonchev–Trinajstić information content (AvgIpc) is 2.73. The summed E-state index contributed by atoms with van der Waals surface area (Å²) in [7, 11) is 0. The number of anilines is 2. The van der Waals surface area contributed by atoms with Gasteiger partial charge in [0, 0.05) is 16.2 Å². The van der Waals surface area contributed by atoms with Crippen LogP contribution < -0.4 is 16.0 Å². The summed E-state index contributed by atoms with van der Waals surface area (Å²) in [5, 5.41) is 8.87. The lowest BCUT2D eigenvalue weighted by Crippen LogP contribution is -2.31. The highest BCUT2D eigenvalue weighted by Gasteiger charge is 2.15. The van der Waals surface area contributed by atoms with Crippen LogP contribution in [0.1, 0.15) is 28.9 Å². The average molecular weight is 452 g/mol. The quantitative estimate of drug-likeness (QED) is 0.473. The van der Waals surface area contributed by atoms with E-state index in [9.17, 15) is 9.59 Å². The van der Waals surface area contributed by atoms with Crippen LogP contribution in [0.4, 0.5) is 11.4 Å². The van der Waals surface area contributed by atoms with Crippen LogP contribution in [0.15, 0.2) is 83.3 Å². The molecule has 1 atom stereocenters. The molecule has 0 spiro atoms. The smallest absolute Gasteiger partial charge is 0.257 e. The molecule has 5 nitrogen and oxygen atoms in total. The van der Waals surface area contributed by atoms with Crippen LogP contribution in [0.2, 0.25) is 0 Å². The summed E-state index contributed by atoms with van der Waals surface area (Å²) < 4.78 is 0.989. The molecule has 148 valence electrons. The van der Waals surface area contributed by atoms with Crippen LogP contribution in [0, 0.1) is 0 Å². The van der Waals surface area contributed by atoms with Gasteiger partial charge in [0.05, 0.1) is 17.8 Å². The molecule has 6 heteroatoms. The summed E-state index contributed by atoms with van der Waals surface area (Å²) in [5.41, 5.74) is 2.65. The van der Waals surface area contributed by atoms with Crippen LogP contribution in [-0.2, 0) is 4.79 Å². The molecule has 0 radical (unpaired) electrons.